The summed E-state index contributed by atoms with van der Waals surface area (Å²) in [5.74, 6) is -0.665. The van der Waals surface area contributed by atoms with Crippen LogP contribution in [0.1, 0.15) is 21.2 Å². The third kappa shape index (κ3) is 4.25. The molecule has 0 saturated carbocycles. The molecule has 0 aliphatic rings. The van der Waals surface area contributed by atoms with Gasteiger partial charge in [-0.15, -0.1) is 10.2 Å². The van der Waals surface area contributed by atoms with Gasteiger partial charge in [-0.05, 0) is 12.1 Å². The fourth-order valence-electron chi connectivity index (χ4n) is 1.55. The highest BCUT2D eigenvalue weighted by Crippen LogP contribution is 2.18. The van der Waals surface area contributed by atoms with Crippen molar-refractivity contribution in [2.45, 2.75) is 12.8 Å². The Morgan fingerprint density at radius 1 is 1.38 bits per heavy atom. The number of carbonyl (C=O) groups excluding carboxylic acids is 1. The van der Waals surface area contributed by atoms with Crippen LogP contribution in [0.15, 0.2) is 24.3 Å². The summed E-state index contributed by atoms with van der Waals surface area (Å²) in [6.45, 7) is 0. The number of carboxylic acid groups (broad SMARTS) is 1. The number of carbonyl (C=O) groups is 2. The lowest BCUT2D eigenvalue weighted by Gasteiger charge is -2.04. The van der Waals surface area contributed by atoms with Gasteiger partial charge in [0.05, 0.1) is 13.5 Å². The Morgan fingerprint density at radius 2 is 2.19 bits per heavy atom. The number of hydrogen-bond donors (Lipinski definition) is 2. The molecule has 0 aliphatic carbocycles. The molecular weight excluding hydrogens is 294 g/mol. The molecule has 0 bridgehead atoms. The Morgan fingerprint density at radius 3 is 2.90 bits per heavy atom. The van der Waals surface area contributed by atoms with Gasteiger partial charge in [-0.3, -0.25) is 9.59 Å². The molecule has 8 heteroatoms. The van der Waals surface area contributed by atoms with Gasteiger partial charge in [0.15, 0.2) is 0 Å². The van der Waals surface area contributed by atoms with Crippen LogP contribution in [-0.4, -0.2) is 34.3 Å². The molecule has 2 aromatic rings. The summed E-state index contributed by atoms with van der Waals surface area (Å²) in [5.41, 5.74) is 0.585. The molecule has 0 aliphatic heterocycles. The Labute approximate surface area is 124 Å². The number of carboxylic acids is 1. The minimum Gasteiger partial charge on any atom is -0.497 e. The number of methoxy groups -OCH3 is 1. The van der Waals surface area contributed by atoms with Gasteiger partial charge in [-0.1, -0.05) is 17.4 Å². The maximum absolute atomic E-state index is 12.0. The maximum Gasteiger partial charge on any atom is 0.303 e. The van der Waals surface area contributed by atoms with Crippen molar-refractivity contribution in [3.05, 3.63) is 34.3 Å². The zero-order chi connectivity index (χ0) is 15.2. The monoisotopic (exact) mass is 307 g/mol. The van der Waals surface area contributed by atoms with E-state index in [-0.39, 0.29) is 23.8 Å². The Balaban J connectivity index is 2.01. The van der Waals surface area contributed by atoms with Gasteiger partial charge in [-0.2, -0.15) is 0 Å². The number of hydrogen-bond acceptors (Lipinski definition) is 6. The summed E-state index contributed by atoms with van der Waals surface area (Å²) in [4.78, 5) is 22.5. The third-order valence-corrected chi connectivity index (χ3v) is 3.52. The van der Waals surface area contributed by atoms with Crippen LogP contribution >= 0.6 is 11.3 Å². The first kappa shape index (κ1) is 14.9. The van der Waals surface area contributed by atoms with E-state index in [1.807, 2.05) is 0 Å². The molecule has 0 radical (unpaired) electrons. The summed E-state index contributed by atoms with van der Waals surface area (Å²) < 4.78 is 5.07. The van der Waals surface area contributed by atoms with Gasteiger partial charge >= 0.3 is 5.97 Å². The summed E-state index contributed by atoms with van der Waals surface area (Å²) in [6, 6.07) is 6.94. The van der Waals surface area contributed by atoms with Crippen molar-refractivity contribution >= 4 is 28.9 Å². The van der Waals surface area contributed by atoms with Gasteiger partial charge in [0.1, 0.15) is 10.8 Å². The largest absolute Gasteiger partial charge is 0.497 e. The molecule has 7 nitrogen and oxygen atoms in total. The first-order valence-corrected chi connectivity index (χ1v) is 6.89. The molecule has 1 heterocycles. The lowest BCUT2D eigenvalue weighted by molar-refractivity contribution is -0.136. The van der Waals surface area contributed by atoms with Crippen molar-refractivity contribution in [2.75, 3.05) is 12.4 Å². The minimum atomic E-state index is -0.910. The average Bonchev–Trinajstić information content (AvgIpc) is 2.94. The quantitative estimate of drug-likeness (QED) is 0.844. The van der Waals surface area contributed by atoms with Crippen molar-refractivity contribution in [1.29, 1.82) is 0 Å². The van der Waals surface area contributed by atoms with Crippen LogP contribution in [0.4, 0.5) is 5.69 Å². The molecule has 2 N–H and O–H groups in total. The van der Waals surface area contributed by atoms with Crippen LogP contribution in [0.2, 0.25) is 0 Å². The first-order chi connectivity index (χ1) is 10.1. The van der Waals surface area contributed by atoms with Crippen molar-refractivity contribution in [3.63, 3.8) is 0 Å². The van der Waals surface area contributed by atoms with E-state index in [1.54, 1.807) is 31.4 Å². The molecule has 0 fully saturated rings. The van der Waals surface area contributed by atoms with Gasteiger partial charge in [0.25, 0.3) is 5.91 Å². The van der Waals surface area contributed by atoms with Crippen molar-refractivity contribution < 1.29 is 19.4 Å². The number of aliphatic carboxylic acids is 1. The lowest BCUT2D eigenvalue weighted by atomic mass is 10.3. The smallest absolute Gasteiger partial charge is 0.303 e. The van der Waals surface area contributed by atoms with E-state index in [0.29, 0.717) is 16.4 Å². The zero-order valence-electron chi connectivity index (χ0n) is 11.2. The Kier molecular flexibility index (Phi) is 4.83. The van der Waals surface area contributed by atoms with E-state index < -0.39 is 5.97 Å². The Bertz CT molecular complexity index is 656. The maximum atomic E-state index is 12.0. The second kappa shape index (κ2) is 6.80. The summed E-state index contributed by atoms with van der Waals surface area (Å²) >= 11 is 1.08. The van der Waals surface area contributed by atoms with Crippen LogP contribution in [0.5, 0.6) is 5.75 Å². The second-order valence-electron chi connectivity index (χ2n) is 4.08. The van der Waals surface area contributed by atoms with E-state index in [1.165, 1.54) is 0 Å². The van der Waals surface area contributed by atoms with Crippen molar-refractivity contribution in [1.82, 2.24) is 10.2 Å². The molecule has 110 valence electrons. The minimum absolute atomic E-state index is 0.0356. The van der Waals surface area contributed by atoms with E-state index in [2.05, 4.69) is 15.5 Å². The Hall–Kier alpha value is -2.48. The topological polar surface area (TPSA) is 101 Å². The van der Waals surface area contributed by atoms with Crippen molar-refractivity contribution in [3.8, 4) is 5.75 Å². The number of aryl methyl sites for hydroxylation is 1. The number of anilines is 1. The molecule has 0 unspecified atom stereocenters. The van der Waals surface area contributed by atoms with E-state index in [0.717, 1.165) is 11.3 Å². The van der Waals surface area contributed by atoms with Gasteiger partial charge in [0, 0.05) is 18.2 Å². The molecular formula is C13H13N3O4S. The molecule has 1 aromatic heterocycles. The molecule has 0 atom stereocenters. The van der Waals surface area contributed by atoms with Crippen molar-refractivity contribution in [2.24, 2.45) is 0 Å². The molecule has 2 rings (SSSR count). The highest BCUT2D eigenvalue weighted by atomic mass is 32.1. The molecule has 1 aromatic carbocycles. The SMILES string of the molecule is COc1cccc(NC(=O)c2nnc(CCC(=O)O)s2)c1. The highest BCUT2D eigenvalue weighted by molar-refractivity contribution is 7.13. The number of rotatable bonds is 6. The standard InChI is InChI=1S/C13H13N3O4S/c1-20-9-4-2-3-8(7-9)14-12(19)13-16-15-10(21-13)5-6-11(17)18/h2-4,7H,5-6H2,1H3,(H,14,19)(H,17,18). The van der Waals surface area contributed by atoms with Crippen LogP contribution in [-0.2, 0) is 11.2 Å². The number of ether oxygens (including phenoxy) is 1. The lowest BCUT2D eigenvalue weighted by Crippen LogP contribution is -2.11. The fraction of sp³-hybridized carbons (Fsp3) is 0.231. The molecule has 0 saturated heterocycles. The van der Waals surface area contributed by atoms with Gasteiger partial charge in [0.2, 0.25) is 5.01 Å². The predicted octanol–water partition coefficient (Wildman–Crippen LogP) is 1.82. The third-order valence-electron chi connectivity index (χ3n) is 2.54. The molecule has 21 heavy (non-hydrogen) atoms. The molecule has 1 amide bonds. The average molecular weight is 307 g/mol. The van der Waals surface area contributed by atoms with Crippen LogP contribution in [0.25, 0.3) is 0 Å². The number of benzene rings is 1. The predicted molar refractivity (Wildman–Crippen MR) is 76.8 cm³/mol. The zero-order valence-corrected chi connectivity index (χ0v) is 12.0. The highest BCUT2D eigenvalue weighted by Gasteiger charge is 2.14. The first-order valence-electron chi connectivity index (χ1n) is 6.08. The van der Waals surface area contributed by atoms with E-state index in [9.17, 15) is 9.59 Å². The number of aromatic nitrogens is 2. The van der Waals surface area contributed by atoms with Gasteiger partial charge in [-0.25, -0.2) is 0 Å². The van der Waals surface area contributed by atoms with Crippen LogP contribution < -0.4 is 10.1 Å². The number of amides is 1. The number of nitrogens with zero attached hydrogens (tertiary/aromatic N) is 2. The van der Waals surface area contributed by atoms with E-state index >= 15 is 0 Å². The summed E-state index contributed by atoms with van der Waals surface area (Å²) in [7, 11) is 1.54. The van der Waals surface area contributed by atoms with E-state index in [4.69, 9.17) is 9.84 Å². The normalized spacial score (nSPS) is 10.1. The summed E-state index contributed by atoms with van der Waals surface area (Å²) in [5, 5.41) is 19.6. The van der Waals surface area contributed by atoms with Crippen LogP contribution in [0, 0.1) is 0 Å². The second-order valence-corrected chi connectivity index (χ2v) is 5.14. The number of nitrogens with one attached hydrogen (secondary N) is 1. The molecule has 0 spiro atoms. The fourth-order valence-corrected chi connectivity index (χ4v) is 2.28. The van der Waals surface area contributed by atoms with Gasteiger partial charge < -0.3 is 15.2 Å². The van der Waals surface area contributed by atoms with Crippen LogP contribution in [0.3, 0.4) is 0 Å². The summed E-state index contributed by atoms with van der Waals surface area (Å²) in [6.07, 6.45) is 0.228.